The van der Waals surface area contributed by atoms with Crippen LogP contribution >= 0.6 is 11.6 Å². The van der Waals surface area contributed by atoms with Gasteiger partial charge in [0.05, 0.1) is 17.3 Å². The van der Waals surface area contributed by atoms with Crippen LogP contribution in [0.4, 0.5) is 5.69 Å². The minimum absolute atomic E-state index is 0.143. The molecule has 1 fully saturated rings. The smallest absolute Gasteiger partial charge is 0.227 e. The number of ether oxygens (including phenoxy) is 1. The molecule has 154 valence electrons. The lowest BCUT2D eigenvalue weighted by molar-refractivity contribution is -0.118. The number of rotatable bonds is 6. The number of piperidine rings is 1. The van der Waals surface area contributed by atoms with Crippen LogP contribution in [0, 0.1) is 0 Å². The molecular formula is C24H29ClN2O2. The quantitative estimate of drug-likeness (QED) is 0.633. The highest BCUT2D eigenvalue weighted by Crippen LogP contribution is 2.36. The molecule has 0 spiro atoms. The van der Waals surface area contributed by atoms with Crippen LogP contribution < -0.4 is 9.64 Å². The minimum atomic E-state index is 0.143. The molecular weight excluding hydrogens is 384 g/mol. The summed E-state index contributed by atoms with van der Waals surface area (Å²) in [6, 6.07) is 14.7. The van der Waals surface area contributed by atoms with Crippen LogP contribution in [-0.4, -0.2) is 44.1 Å². The Bertz CT molecular complexity index is 847. The second kappa shape index (κ2) is 9.19. The van der Waals surface area contributed by atoms with Crippen molar-refractivity contribution in [1.82, 2.24) is 4.90 Å². The SMILES string of the molecule is CN1C(=O)CCc2cc(Cl)c(OCCCN3CCC(c4ccccc4)CC3)cc21. The van der Waals surface area contributed by atoms with E-state index in [4.69, 9.17) is 16.3 Å². The number of fused-ring (bicyclic) bond motifs is 1. The van der Waals surface area contributed by atoms with Gasteiger partial charge in [-0.25, -0.2) is 0 Å². The molecule has 0 atom stereocenters. The third kappa shape index (κ3) is 4.76. The molecule has 2 aromatic carbocycles. The Morgan fingerprint density at radius 2 is 1.86 bits per heavy atom. The first-order chi connectivity index (χ1) is 14.1. The van der Waals surface area contributed by atoms with E-state index in [1.807, 2.05) is 19.2 Å². The van der Waals surface area contributed by atoms with Gasteiger partial charge in [-0.2, -0.15) is 0 Å². The maximum Gasteiger partial charge on any atom is 0.227 e. The molecule has 1 saturated heterocycles. The number of amides is 1. The van der Waals surface area contributed by atoms with Crippen molar-refractivity contribution in [1.29, 1.82) is 0 Å². The molecule has 0 N–H and O–H groups in total. The number of carbonyl (C=O) groups is 1. The Labute approximate surface area is 178 Å². The summed E-state index contributed by atoms with van der Waals surface area (Å²) in [5.74, 6) is 1.51. The van der Waals surface area contributed by atoms with Gasteiger partial charge in [-0.05, 0) is 61.9 Å². The van der Waals surface area contributed by atoms with Crippen molar-refractivity contribution in [2.75, 3.05) is 38.2 Å². The van der Waals surface area contributed by atoms with Gasteiger partial charge >= 0.3 is 0 Å². The number of likely N-dealkylation sites (tertiary alicyclic amines) is 1. The van der Waals surface area contributed by atoms with Gasteiger partial charge in [-0.15, -0.1) is 0 Å². The lowest BCUT2D eigenvalue weighted by Gasteiger charge is -2.32. The molecule has 5 heteroatoms. The average molecular weight is 413 g/mol. The van der Waals surface area contributed by atoms with E-state index in [1.54, 1.807) is 4.90 Å². The molecule has 0 unspecified atom stereocenters. The molecule has 1 amide bonds. The van der Waals surface area contributed by atoms with Gasteiger partial charge in [0.15, 0.2) is 0 Å². The van der Waals surface area contributed by atoms with Crippen LogP contribution in [0.15, 0.2) is 42.5 Å². The van der Waals surface area contributed by atoms with Crippen LogP contribution in [0.2, 0.25) is 5.02 Å². The van der Waals surface area contributed by atoms with Crippen molar-refractivity contribution in [2.45, 2.75) is 38.0 Å². The zero-order chi connectivity index (χ0) is 20.2. The standard InChI is InChI=1S/C24H29ClN2O2/c1-26-22-17-23(21(25)16-20(22)8-9-24(26)28)29-15-5-12-27-13-10-19(11-14-27)18-6-3-2-4-7-18/h2-4,6-7,16-17,19H,5,8-15H2,1H3. The molecule has 0 bridgehead atoms. The fourth-order valence-corrected chi connectivity index (χ4v) is 4.68. The molecule has 4 rings (SSSR count). The van der Waals surface area contributed by atoms with Crippen LogP contribution in [0.25, 0.3) is 0 Å². The number of anilines is 1. The molecule has 0 aromatic heterocycles. The molecule has 0 aliphatic carbocycles. The Kier molecular flexibility index (Phi) is 6.41. The fraction of sp³-hybridized carbons (Fsp3) is 0.458. The summed E-state index contributed by atoms with van der Waals surface area (Å²) in [5.41, 5.74) is 3.51. The number of halogens is 1. The van der Waals surface area contributed by atoms with Crippen molar-refractivity contribution >= 4 is 23.2 Å². The van der Waals surface area contributed by atoms with E-state index in [9.17, 15) is 4.79 Å². The van der Waals surface area contributed by atoms with Gasteiger partial charge < -0.3 is 14.5 Å². The number of hydrogen-bond donors (Lipinski definition) is 0. The molecule has 2 heterocycles. The highest BCUT2D eigenvalue weighted by atomic mass is 35.5. The molecule has 4 nitrogen and oxygen atoms in total. The van der Waals surface area contributed by atoms with Gasteiger partial charge in [0, 0.05) is 26.1 Å². The number of nitrogens with zero attached hydrogens (tertiary/aromatic N) is 2. The topological polar surface area (TPSA) is 32.8 Å². The summed E-state index contributed by atoms with van der Waals surface area (Å²) in [6.07, 6.45) is 4.71. The van der Waals surface area contributed by atoms with Gasteiger partial charge in [0.25, 0.3) is 0 Å². The fourth-order valence-electron chi connectivity index (χ4n) is 4.44. The summed E-state index contributed by atoms with van der Waals surface area (Å²) in [5, 5.41) is 0.634. The minimum Gasteiger partial charge on any atom is -0.492 e. The molecule has 2 aliphatic rings. The summed E-state index contributed by atoms with van der Waals surface area (Å²) < 4.78 is 5.97. The van der Waals surface area contributed by atoms with Crippen LogP contribution in [0.3, 0.4) is 0 Å². The first-order valence-corrected chi connectivity index (χ1v) is 11.0. The van der Waals surface area contributed by atoms with E-state index < -0.39 is 0 Å². The van der Waals surface area contributed by atoms with E-state index in [2.05, 4.69) is 35.2 Å². The van der Waals surface area contributed by atoms with Crippen molar-refractivity contribution in [2.24, 2.45) is 0 Å². The van der Waals surface area contributed by atoms with E-state index in [-0.39, 0.29) is 5.91 Å². The molecule has 29 heavy (non-hydrogen) atoms. The van der Waals surface area contributed by atoms with E-state index >= 15 is 0 Å². The lowest BCUT2D eigenvalue weighted by atomic mass is 9.89. The first-order valence-electron chi connectivity index (χ1n) is 10.6. The summed E-state index contributed by atoms with van der Waals surface area (Å²) in [6.45, 7) is 3.97. The van der Waals surface area contributed by atoms with E-state index in [0.717, 1.165) is 43.7 Å². The second-order valence-corrected chi connectivity index (χ2v) is 8.50. The Balaban J connectivity index is 1.24. The maximum absolute atomic E-state index is 11.9. The third-order valence-electron chi connectivity index (χ3n) is 6.21. The largest absolute Gasteiger partial charge is 0.492 e. The summed E-state index contributed by atoms with van der Waals surface area (Å²) >= 11 is 6.41. The monoisotopic (exact) mass is 412 g/mol. The first kappa shape index (κ1) is 20.2. The van der Waals surface area contributed by atoms with Gasteiger partial charge in [-0.1, -0.05) is 41.9 Å². The molecule has 0 radical (unpaired) electrons. The van der Waals surface area contributed by atoms with Gasteiger partial charge in [-0.3, -0.25) is 4.79 Å². The zero-order valence-corrected chi connectivity index (χ0v) is 17.8. The van der Waals surface area contributed by atoms with Crippen LogP contribution in [0.5, 0.6) is 5.75 Å². The summed E-state index contributed by atoms with van der Waals surface area (Å²) in [7, 11) is 1.82. The van der Waals surface area contributed by atoms with Gasteiger partial charge in [0.2, 0.25) is 5.91 Å². The number of benzene rings is 2. The van der Waals surface area contributed by atoms with Crippen LogP contribution in [0.1, 0.15) is 42.7 Å². The highest BCUT2D eigenvalue weighted by molar-refractivity contribution is 6.32. The van der Waals surface area contributed by atoms with E-state index in [0.29, 0.717) is 29.7 Å². The predicted molar refractivity (Wildman–Crippen MR) is 118 cm³/mol. The number of aryl methyl sites for hydroxylation is 1. The Morgan fingerprint density at radius 3 is 2.62 bits per heavy atom. The highest BCUT2D eigenvalue weighted by Gasteiger charge is 2.23. The zero-order valence-electron chi connectivity index (χ0n) is 17.1. The van der Waals surface area contributed by atoms with Crippen molar-refractivity contribution < 1.29 is 9.53 Å². The molecule has 0 saturated carbocycles. The van der Waals surface area contributed by atoms with Crippen molar-refractivity contribution in [3.8, 4) is 5.75 Å². The maximum atomic E-state index is 11.9. The average Bonchev–Trinajstić information content (AvgIpc) is 2.75. The summed E-state index contributed by atoms with van der Waals surface area (Å²) in [4.78, 5) is 16.2. The third-order valence-corrected chi connectivity index (χ3v) is 6.51. The molecule has 2 aromatic rings. The van der Waals surface area contributed by atoms with E-state index in [1.165, 1.54) is 18.4 Å². The second-order valence-electron chi connectivity index (χ2n) is 8.09. The van der Waals surface area contributed by atoms with Crippen molar-refractivity contribution in [3.05, 3.63) is 58.6 Å². The molecule has 2 aliphatic heterocycles. The normalized spacial score (nSPS) is 18.0. The van der Waals surface area contributed by atoms with Crippen molar-refractivity contribution in [3.63, 3.8) is 0 Å². The lowest BCUT2D eigenvalue weighted by Crippen LogP contribution is -2.34. The van der Waals surface area contributed by atoms with Crippen LogP contribution in [-0.2, 0) is 11.2 Å². The number of carbonyl (C=O) groups excluding carboxylic acids is 1. The Morgan fingerprint density at radius 1 is 1.10 bits per heavy atom. The number of hydrogen-bond acceptors (Lipinski definition) is 3. The Hall–Kier alpha value is -2.04. The van der Waals surface area contributed by atoms with Gasteiger partial charge in [0.1, 0.15) is 5.75 Å². The predicted octanol–water partition coefficient (Wildman–Crippen LogP) is 4.90.